The smallest absolute Gasteiger partial charge is 0.389 e. The molecule has 6 heteroatoms. The highest BCUT2D eigenvalue weighted by Gasteiger charge is 2.43. The van der Waals surface area contributed by atoms with E-state index in [1.807, 2.05) is 36.4 Å². The number of aliphatic hydroxyl groups is 1. The fourth-order valence-corrected chi connectivity index (χ4v) is 5.48. The van der Waals surface area contributed by atoms with Crippen molar-refractivity contribution in [2.75, 3.05) is 0 Å². The Morgan fingerprint density at radius 3 is 2.58 bits per heavy atom. The molecule has 1 saturated carbocycles. The highest BCUT2D eigenvalue weighted by Crippen LogP contribution is 2.51. The Kier molecular flexibility index (Phi) is 5.86. The van der Waals surface area contributed by atoms with Crippen molar-refractivity contribution in [1.82, 2.24) is 0 Å². The summed E-state index contributed by atoms with van der Waals surface area (Å²) >= 11 is 0. The van der Waals surface area contributed by atoms with Gasteiger partial charge in [-0.1, -0.05) is 42.0 Å². The van der Waals surface area contributed by atoms with E-state index < -0.39 is 24.2 Å². The maximum atomic E-state index is 12.7. The molecule has 1 aromatic rings. The lowest BCUT2D eigenvalue weighted by molar-refractivity contribution is -0.149. The van der Waals surface area contributed by atoms with Gasteiger partial charge in [-0.2, -0.15) is 13.2 Å². The van der Waals surface area contributed by atoms with Gasteiger partial charge in [-0.05, 0) is 73.6 Å². The molecule has 3 nitrogen and oxygen atoms in total. The number of alkyl halides is 3. The number of allylic oxidation sites excluding steroid dienone is 4. The Bertz CT molecular complexity index is 943. The Hall–Kier alpha value is -2.34. The number of hydrogen-bond donors (Lipinski definition) is 2. The van der Waals surface area contributed by atoms with E-state index in [0.717, 1.165) is 23.1 Å². The fourth-order valence-electron chi connectivity index (χ4n) is 5.48. The van der Waals surface area contributed by atoms with E-state index in [1.54, 1.807) is 6.08 Å². The number of hydrogen-bond acceptors (Lipinski definition) is 2. The lowest BCUT2D eigenvalue weighted by Crippen LogP contribution is -2.39. The number of halogens is 3. The van der Waals surface area contributed by atoms with E-state index in [0.29, 0.717) is 37.7 Å². The second-order valence-corrected chi connectivity index (χ2v) is 9.11. The summed E-state index contributed by atoms with van der Waals surface area (Å²) in [5.74, 6) is -0.966. The Balaban J connectivity index is 1.63. The first kappa shape index (κ1) is 21.9. The van der Waals surface area contributed by atoms with Gasteiger partial charge in [0.15, 0.2) is 0 Å². The van der Waals surface area contributed by atoms with Gasteiger partial charge in [0.05, 0.1) is 11.2 Å². The van der Waals surface area contributed by atoms with Gasteiger partial charge in [-0.25, -0.2) is 4.79 Å². The minimum atomic E-state index is -4.26. The largest absolute Gasteiger partial charge is 0.478 e. The third-order valence-corrected chi connectivity index (χ3v) is 6.93. The zero-order valence-corrected chi connectivity index (χ0v) is 17.3. The highest BCUT2D eigenvalue weighted by molar-refractivity contribution is 5.91. The summed E-state index contributed by atoms with van der Waals surface area (Å²) in [5.41, 5.74) is 3.53. The Morgan fingerprint density at radius 2 is 1.90 bits per heavy atom. The molecule has 0 aliphatic heterocycles. The lowest BCUT2D eigenvalue weighted by Gasteiger charge is -2.44. The summed E-state index contributed by atoms with van der Waals surface area (Å²) in [6, 6.07) is 9.90. The SMILES string of the molecule is O=C(O)C1=C[C@@H](Cc2ccccc2)C2=C3CC[C@](O)(CCC(F)(F)F)C[C@H]3CCC2=C1. The molecule has 3 atom stereocenters. The Morgan fingerprint density at radius 1 is 1.16 bits per heavy atom. The molecule has 0 bridgehead atoms. The molecular weight excluding hydrogens is 405 g/mol. The van der Waals surface area contributed by atoms with Crippen molar-refractivity contribution >= 4 is 5.97 Å². The van der Waals surface area contributed by atoms with Crippen LogP contribution in [-0.4, -0.2) is 28.0 Å². The van der Waals surface area contributed by atoms with Crippen LogP contribution in [0.1, 0.15) is 50.5 Å². The van der Waals surface area contributed by atoms with Crippen molar-refractivity contribution < 1.29 is 28.2 Å². The normalized spacial score (nSPS) is 28.4. The van der Waals surface area contributed by atoms with Crippen molar-refractivity contribution in [3.8, 4) is 0 Å². The van der Waals surface area contributed by atoms with Crippen LogP contribution < -0.4 is 0 Å². The van der Waals surface area contributed by atoms with Gasteiger partial charge in [0.1, 0.15) is 0 Å². The van der Waals surface area contributed by atoms with Crippen LogP contribution in [0.5, 0.6) is 0 Å². The van der Waals surface area contributed by atoms with Crippen LogP contribution in [0.15, 0.2) is 64.8 Å². The second kappa shape index (κ2) is 8.30. The molecule has 2 N–H and O–H groups in total. The molecule has 0 aromatic heterocycles. The van der Waals surface area contributed by atoms with Crippen LogP contribution in [0.25, 0.3) is 0 Å². The summed E-state index contributed by atoms with van der Waals surface area (Å²) in [5, 5.41) is 20.4. The number of benzene rings is 1. The molecule has 0 unspecified atom stereocenters. The monoisotopic (exact) mass is 432 g/mol. The molecule has 0 radical (unpaired) electrons. The molecule has 3 aliphatic carbocycles. The molecule has 0 amide bonds. The quantitative estimate of drug-likeness (QED) is 0.622. The lowest BCUT2D eigenvalue weighted by atomic mass is 9.63. The first-order valence-corrected chi connectivity index (χ1v) is 10.9. The Labute approximate surface area is 180 Å². The van der Waals surface area contributed by atoms with E-state index in [-0.39, 0.29) is 18.3 Å². The van der Waals surface area contributed by atoms with E-state index in [1.165, 1.54) is 5.57 Å². The second-order valence-electron chi connectivity index (χ2n) is 9.11. The van der Waals surface area contributed by atoms with Gasteiger partial charge >= 0.3 is 12.1 Å². The molecule has 166 valence electrons. The number of carbonyl (C=O) groups is 1. The predicted octanol–water partition coefficient (Wildman–Crippen LogP) is 5.76. The van der Waals surface area contributed by atoms with E-state index in [9.17, 15) is 28.2 Å². The third-order valence-electron chi connectivity index (χ3n) is 6.93. The minimum absolute atomic E-state index is 0.0529. The van der Waals surface area contributed by atoms with Crippen LogP contribution in [0, 0.1) is 11.8 Å². The number of carboxylic acids is 1. The van der Waals surface area contributed by atoms with Crippen molar-refractivity contribution in [2.45, 2.75) is 63.1 Å². The topological polar surface area (TPSA) is 57.5 Å². The average Bonchev–Trinajstić information content (AvgIpc) is 2.72. The molecule has 31 heavy (non-hydrogen) atoms. The first-order chi connectivity index (χ1) is 14.6. The van der Waals surface area contributed by atoms with Gasteiger partial charge < -0.3 is 10.2 Å². The van der Waals surface area contributed by atoms with Crippen molar-refractivity contribution in [3.63, 3.8) is 0 Å². The number of fused-ring (bicyclic) bond motifs is 2. The molecule has 1 fully saturated rings. The van der Waals surface area contributed by atoms with E-state index in [2.05, 4.69) is 0 Å². The number of carboxylic acid groups (broad SMARTS) is 1. The van der Waals surface area contributed by atoms with Crippen LogP contribution in [-0.2, 0) is 11.2 Å². The maximum Gasteiger partial charge on any atom is 0.389 e. The maximum absolute atomic E-state index is 12.7. The standard InChI is InChI=1S/C25H27F3O3/c26-25(27,28)11-10-24(31)9-8-21-18(15-24)7-6-17-13-20(23(29)30)14-19(22(17)21)12-16-4-2-1-3-5-16/h1-5,13-14,18-19,31H,6-12,15H2,(H,29,30)/t18-,19-,24+/m1/s1. The van der Waals surface area contributed by atoms with E-state index >= 15 is 0 Å². The van der Waals surface area contributed by atoms with Gasteiger partial charge in [0, 0.05) is 12.3 Å². The zero-order chi connectivity index (χ0) is 22.2. The predicted molar refractivity (Wildman–Crippen MR) is 111 cm³/mol. The summed E-state index contributed by atoms with van der Waals surface area (Å²) < 4.78 is 38.1. The van der Waals surface area contributed by atoms with Gasteiger partial charge in [-0.3, -0.25) is 0 Å². The van der Waals surface area contributed by atoms with Gasteiger partial charge in [-0.15, -0.1) is 0 Å². The third kappa shape index (κ3) is 4.95. The van der Waals surface area contributed by atoms with Crippen LogP contribution >= 0.6 is 0 Å². The zero-order valence-electron chi connectivity index (χ0n) is 17.3. The van der Waals surface area contributed by atoms with Crippen molar-refractivity contribution in [1.29, 1.82) is 0 Å². The molecule has 4 rings (SSSR count). The van der Waals surface area contributed by atoms with Gasteiger partial charge in [0.25, 0.3) is 0 Å². The fraction of sp³-hybridized carbons (Fsp3) is 0.480. The molecule has 3 aliphatic rings. The van der Waals surface area contributed by atoms with E-state index in [4.69, 9.17) is 0 Å². The van der Waals surface area contributed by atoms with Crippen molar-refractivity contribution in [2.24, 2.45) is 11.8 Å². The highest BCUT2D eigenvalue weighted by atomic mass is 19.4. The number of rotatable bonds is 5. The molecule has 0 heterocycles. The summed E-state index contributed by atoms with van der Waals surface area (Å²) in [6.45, 7) is 0. The summed E-state index contributed by atoms with van der Waals surface area (Å²) in [4.78, 5) is 11.7. The molecule has 0 saturated heterocycles. The average molecular weight is 432 g/mol. The number of aliphatic carboxylic acids is 1. The molecule has 1 aromatic carbocycles. The van der Waals surface area contributed by atoms with Crippen LogP contribution in [0.4, 0.5) is 13.2 Å². The minimum Gasteiger partial charge on any atom is -0.478 e. The molecular formula is C25H27F3O3. The van der Waals surface area contributed by atoms with Crippen LogP contribution in [0.2, 0.25) is 0 Å². The summed E-state index contributed by atoms with van der Waals surface area (Å²) in [7, 11) is 0. The summed E-state index contributed by atoms with van der Waals surface area (Å²) in [6.07, 6.45) is 1.43. The van der Waals surface area contributed by atoms with Crippen molar-refractivity contribution in [3.05, 3.63) is 70.3 Å². The first-order valence-electron chi connectivity index (χ1n) is 10.9. The van der Waals surface area contributed by atoms with Crippen LogP contribution in [0.3, 0.4) is 0 Å². The van der Waals surface area contributed by atoms with Gasteiger partial charge in [0.2, 0.25) is 0 Å². The molecule has 0 spiro atoms.